The summed E-state index contributed by atoms with van der Waals surface area (Å²) in [5, 5.41) is 9.31. The van der Waals surface area contributed by atoms with E-state index in [0.29, 0.717) is 6.01 Å². The number of hydrogen-bond acceptors (Lipinski definition) is 3. The van der Waals surface area contributed by atoms with Crippen LogP contribution >= 0.6 is 0 Å². The summed E-state index contributed by atoms with van der Waals surface area (Å²) >= 11 is 0. The van der Waals surface area contributed by atoms with Crippen LogP contribution in [0.2, 0.25) is 0 Å². The first-order chi connectivity index (χ1) is 24.8. The standard InChI is InChI=1S/C41H23N3O2.2C2H6/c1-2-10-26-24(9-1)17-20-33-38(26)29-12-4-7-15-32(29)43(33)25-18-19-28-27-11-3-6-14-31(27)44(34(28)23-25)41-42-40-37(46-41)22-21-36-39(40)30-13-5-8-16-35(30)45-36;2*1-2/h1-23H;2*1-2H3. The Hall–Kier alpha value is -6.33. The topological polar surface area (TPSA) is 49.0 Å². The first-order valence-corrected chi connectivity index (χ1v) is 17.5. The molecule has 4 aromatic heterocycles. The van der Waals surface area contributed by atoms with Gasteiger partial charge in [0.05, 0.1) is 27.5 Å². The van der Waals surface area contributed by atoms with E-state index in [9.17, 15) is 0 Å². The molecule has 0 N–H and O–H groups in total. The van der Waals surface area contributed by atoms with Crippen molar-refractivity contribution in [1.82, 2.24) is 14.1 Å². The molecule has 0 unspecified atom stereocenters. The Morgan fingerprint density at radius 2 is 1.06 bits per heavy atom. The third-order valence-corrected chi connectivity index (χ3v) is 9.56. The van der Waals surface area contributed by atoms with Crippen LogP contribution in [0.5, 0.6) is 0 Å². The molecule has 0 aliphatic rings. The van der Waals surface area contributed by atoms with E-state index >= 15 is 0 Å². The predicted molar refractivity (Wildman–Crippen MR) is 210 cm³/mol. The Bertz CT molecular complexity index is 3040. The Morgan fingerprint density at radius 3 is 1.88 bits per heavy atom. The zero-order chi connectivity index (χ0) is 33.9. The molecule has 0 bridgehead atoms. The van der Waals surface area contributed by atoms with E-state index in [1.165, 1.54) is 32.6 Å². The van der Waals surface area contributed by atoms with Gasteiger partial charge in [-0.1, -0.05) is 119 Å². The first kappa shape index (κ1) is 29.8. The van der Waals surface area contributed by atoms with Crippen molar-refractivity contribution in [1.29, 1.82) is 0 Å². The summed E-state index contributed by atoms with van der Waals surface area (Å²) in [7, 11) is 0. The molecule has 5 heteroatoms. The van der Waals surface area contributed by atoms with Gasteiger partial charge in [-0.25, -0.2) is 0 Å². The predicted octanol–water partition coefficient (Wildman–Crippen LogP) is 13.1. The lowest BCUT2D eigenvalue weighted by Gasteiger charge is -2.10. The summed E-state index contributed by atoms with van der Waals surface area (Å²) in [6.07, 6.45) is 0. The number of hydrogen-bond donors (Lipinski definition) is 0. The van der Waals surface area contributed by atoms with E-state index in [0.717, 1.165) is 60.5 Å². The molecule has 4 heterocycles. The van der Waals surface area contributed by atoms with Crippen molar-refractivity contribution in [2.24, 2.45) is 0 Å². The summed E-state index contributed by atoms with van der Waals surface area (Å²) in [6, 6.07) is 49.6. The van der Waals surface area contributed by atoms with Gasteiger partial charge in [0.15, 0.2) is 5.58 Å². The maximum atomic E-state index is 6.58. The van der Waals surface area contributed by atoms with Gasteiger partial charge >= 0.3 is 6.01 Å². The molecule has 0 atom stereocenters. The number of fused-ring (bicyclic) bond motifs is 13. The summed E-state index contributed by atoms with van der Waals surface area (Å²) in [5.74, 6) is 0. The molecule has 7 aromatic carbocycles. The molecule has 0 saturated carbocycles. The van der Waals surface area contributed by atoms with Gasteiger partial charge in [0.25, 0.3) is 0 Å². The average Bonchev–Trinajstić information content (AvgIpc) is 3.95. The number of furan rings is 1. The fourth-order valence-corrected chi connectivity index (χ4v) is 7.61. The van der Waals surface area contributed by atoms with Crippen LogP contribution < -0.4 is 0 Å². The van der Waals surface area contributed by atoms with Gasteiger partial charge in [-0.05, 0) is 59.3 Å². The van der Waals surface area contributed by atoms with Crippen LogP contribution in [0.25, 0.3) is 99.1 Å². The molecule has 11 rings (SSSR count). The average molecular weight is 650 g/mol. The molecule has 0 amide bonds. The number of para-hydroxylation sites is 3. The van der Waals surface area contributed by atoms with Gasteiger partial charge in [0, 0.05) is 32.6 Å². The maximum Gasteiger partial charge on any atom is 0.307 e. The number of oxazole rings is 1. The largest absolute Gasteiger partial charge is 0.456 e. The lowest BCUT2D eigenvalue weighted by molar-refractivity contribution is 0.574. The molecule has 0 spiro atoms. The number of rotatable bonds is 2. The van der Waals surface area contributed by atoms with Crippen molar-refractivity contribution in [3.8, 4) is 11.7 Å². The highest BCUT2D eigenvalue weighted by Gasteiger charge is 2.21. The second-order valence-corrected chi connectivity index (χ2v) is 12.0. The van der Waals surface area contributed by atoms with Crippen molar-refractivity contribution in [3.63, 3.8) is 0 Å². The van der Waals surface area contributed by atoms with Crippen LogP contribution in [0, 0.1) is 0 Å². The van der Waals surface area contributed by atoms with E-state index in [1.54, 1.807) is 0 Å². The molecule has 242 valence electrons. The van der Waals surface area contributed by atoms with Crippen molar-refractivity contribution in [2.75, 3.05) is 0 Å². The SMILES string of the molecule is CC.CC.c1ccc2c(c1)ccc1c2c2ccccc2n1-c1ccc2c3ccccc3n(-c3nc4c(ccc5oc6ccccc6c54)o3)c2c1. The third kappa shape index (κ3) is 4.16. The maximum absolute atomic E-state index is 6.58. The van der Waals surface area contributed by atoms with Gasteiger partial charge in [0.2, 0.25) is 0 Å². The Kier molecular flexibility index (Phi) is 6.95. The van der Waals surface area contributed by atoms with Crippen LogP contribution in [0.1, 0.15) is 27.7 Å². The molecular weight excluding hydrogens is 615 g/mol. The molecule has 5 nitrogen and oxygen atoms in total. The van der Waals surface area contributed by atoms with E-state index in [2.05, 4.69) is 118 Å². The van der Waals surface area contributed by atoms with Crippen LogP contribution in [0.3, 0.4) is 0 Å². The molecule has 0 fully saturated rings. The quantitative estimate of drug-likeness (QED) is 0.187. The molecule has 0 saturated heterocycles. The van der Waals surface area contributed by atoms with Crippen LogP contribution in [0.4, 0.5) is 0 Å². The monoisotopic (exact) mass is 649 g/mol. The highest BCUT2D eigenvalue weighted by Crippen LogP contribution is 2.40. The highest BCUT2D eigenvalue weighted by atomic mass is 16.4. The molecule has 0 aliphatic carbocycles. The van der Waals surface area contributed by atoms with Crippen LogP contribution in [-0.4, -0.2) is 14.1 Å². The van der Waals surface area contributed by atoms with Gasteiger partial charge in [0.1, 0.15) is 16.7 Å². The Labute approximate surface area is 288 Å². The van der Waals surface area contributed by atoms with Crippen LogP contribution in [0.15, 0.2) is 148 Å². The van der Waals surface area contributed by atoms with E-state index < -0.39 is 0 Å². The highest BCUT2D eigenvalue weighted by molar-refractivity contribution is 6.21. The van der Waals surface area contributed by atoms with Crippen molar-refractivity contribution in [2.45, 2.75) is 27.7 Å². The minimum absolute atomic E-state index is 0.532. The van der Waals surface area contributed by atoms with Gasteiger partial charge in [-0.2, -0.15) is 4.98 Å². The van der Waals surface area contributed by atoms with Crippen molar-refractivity contribution >= 4 is 87.4 Å². The van der Waals surface area contributed by atoms with Gasteiger partial charge in [-0.15, -0.1) is 0 Å². The van der Waals surface area contributed by atoms with Crippen LogP contribution in [-0.2, 0) is 0 Å². The fourth-order valence-electron chi connectivity index (χ4n) is 7.61. The van der Waals surface area contributed by atoms with E-state index in [1.807, 2.05) is 58.0 Å². The summed E-state index contributed by atoms with van der Waals surface area (Å²) in [4.78, 5) is 5.16. The third-order valence-electron chi connectivity index (χ3n) is 9.56. The van der Waals surface area contributed by atoms with E-state index in [4.69, 9.17) is 13.8 Å². The summed E-state index contributed by atoms with van der Waals surface area (Å²) in [6.45, 7) is 8.00. The normalized spacial score (nSPS) is 11.6. The second kappa shape index (κ2) is 11.7. The lowest BCUT2D eigenvalue weighted by Crippen LogP contribution is -1.97. The molecule has 0 aliphatic heterocycles. The minimum atomic E-state index is 0.532. The smallest absolute Gasteiger partial charge is 0.307 e. The first-order valence-electron chi connectivity index (χ1n) is 17.5. The van der Waals surface area contributed by atoms with E-state index in [-0.39, 0.29) is 0 Å². The zero-order valence-corrected chi connectivity index (χ0v) is 28.4. The molecular formula is C45H35N3O2. The van der Waals surface area contributed by atoms with Crippen molar-refractivity contribution < 1.29 is 8.83 Å². The Morgan fingerprint density at radius 1 is 0.420 bits per heavy atom. The van der Waals surface area contributed by atoms with Crippen molar-refractivity contribution in [3.05, 3.63) is 140 Å². The molecule has 11 aromatic rings. The summed E-state index contributed by atoms with van der Waals surface area (Å²) < 4.78 is 17.3. The Balaban J connectivity index is 0.000000814. The van der Waals surface area contributed by atoms with Gasteiger partial charge in [-0.3, -0.25) is 4.57 Å². The molecule has 50 heavy (non-hydrogen) atoms. The number of nitrogens with zero attached hydrogens (tertiary/aromatic N) is 3. The second-order valence-electron chi connectivity index (χ2n) is 12.0. The zero-order valence-electron chi connectivity index (χ0n) is 28.4. The molecule has 0 radical (unpaired) electrons. The number of benzene rings is 7. The van der Waals surface area contributed by atoms with Gasteiger partial charge < -0.3 is 13.4 Å². The number of aromatic nitrogens is 3. The summed E-state index contributed by atoms with van der Waals surface area (Å²) in [5.41, 5.74) is 8.68. The minimum Gasteiger partial charge on any atom is -0.456 e. The fraction of sp³-hybridized carbons (Fsp3) is 0.0889. The lowest BCUT2D eigenvalue weighted by atomic mass is 10.0.